The van der Waals surface area contributed by atoms with E-state index in [1.165, 1.54) is 37.0 Å². The molecule has 3 heterocycles. The maximum atomic E-state index is 13.9. The first-order valence-corrected chi connectivity index (χ1v) is 11.9. The standard InChI is InChI=1S/C25H33N3O3/c1-16-9-11-18(12-10-16)21-19-20(23(30)27(2)22(19)29)25(26-21)13-6-14-28(24(25)31)15-17-7-4-3-5-8-17/h9-12,17,19-21,26H,3-8,13-15H2,1-2H3/t19-,20-,21-,25-/m1/s1. The maximum absolute atomic E-state index is 13.9. The molecule has 1 aliphatic carbocycles. The molecule has 1 saturated carbocycles. The molecular formula is C25H33N3O3. The number of likely N-dealkylation sites (tertiary alicyclic amines) is 2. The number of nitrogens with one attached hydrogen (secondary N) is 1. The third-order valence-corrected chi connectivity index (χ3v) is 8.18. The fourth-order valence-electron chi connectivity index (χ4n) is 6.53. The van der Waals surface area contributed by atoms with Crippen molar-refractivity contribution in [1.29, 1.82) is 0 Å². The second kappa shape index (κ2) is 7.73. The van der Waals surface area contributed by atoms with Gasteiger partial charge in [0, 0.05) is 26.2 Å². The van der Waals surface area contributed by atoms with Crippen molar-refractivity contribution in [2.75, 3.05) is 20.1 Å². The summed E-state index contributed by atoms with van der Waals surface area (Å²) in [5, 5.41) is 3.58. The molecule has 3 amide bonds. The van der Waals surface area contributed by atoms with E-state index < -0.39 is 17.4 Å². The number of fused-ring (bicyclic) bond motifs is 2. The zero-order valence-corrected chi connectivity index (χ0v) is 18.6. The summed E-state index contributed by atoms with van der Waals surface area (Å²) in [5.41, 5.74) is 1.16. The van der Waals surface area contributed by atoms with Crippen LogP contribution in [0.2, 0.25) is 0 Å². The van der Waals surface area contributed by atoms with Gasteiger partial charge in [0.15, 0.2) is 0 Å². The highest BCUT2D eigenvalue weighted by molar-refractivity contribution is 6.10. The van der Waals surface area contributed by atoms with Gasteiger partial charge < -0.3 is 4.90 Å². The summed E-state index contributed by atoms with van der Waals surface area (Å²) in [4.78, 5) is 43.5. The third kappa shape index (κ3) is 3.22. The van der Waals surface area contributed by atoms with E-state index in [0.29, 0.717) is 12.3 Å². The monoisotopic (exact) mass is 423 g/mol. The maximum Gasteiger partial charge on any atom is 0.243 e. The molecule has 0 bridgehead atoms. The highest BCUT2D eigenvalue weighted by Crippen LogP contribution is 2.51. The molecule has 0 unspecified atom stereocenters. The van der Waals surface area contributed by atoms with Crippen LogP contribution in [0.25, 0.3) is 0 Å². The van der Waals surface area contributed by atoms with Crippen molar-refractivity contribution < 1.29 is 14.4 Å². The number of hydrogen-bond donors (Lipinski definition) is 1. The second-order valence-corrected chi connectivity index (χ2v) is 10.1. The van der Waals surface area contributed by atoms with Gasteiger partial charge in [0.2, 0.25) is 17.7 Å². The number of benzene rings is 1. The van der Waals surface area contributed by atoms with E-state index in [2.05, 4.69) is 5.32 Å². The average molecular weight is 424 g/mol. The normalized spacial score (nSPS) is 34.1. The number of aryl methyl sites for hydroxylation is 1. The molecule has 6 nitrogen and oxygen atoms in total. The Bertz CT molecular complexity index is 892. The van der Waals surface area contributed by atoms with Gasteiger partial charge in [0.25, 0.3) is 0 Å². The van der Waals surface area contributed by atoms with E-state index in [1.807, 2.05) is 36.1 Å². The summed E-state index contributed by atoms with van der Waals surface area (Å²) in [6.07, 6.45) is 7.62. The SMILES string of the molecule is Cc1ccc([C@H]2N[C@]3(CCCN(CC4CCCCC4)C3=O)[C@H]3C(=O)N(C)C(=O)[C@@H]23)cc1. The van der Waals surface area contributed by atoms with Crippen LogP contribution in [-0.4, -0.2) is 53.2 Å². The topological polar surface area (TPSA) is 69.7 Å². The zero-order valence-electron chi connectivity index (χ0n) is 18.6. The summed E-state index contributed by atoms with van der Waals surface area (Å²) in [6, 6.07) is 7.78. The number of piperidine rings is 1. The van der Waals surface area contributed by atoms with E-state index in [-0.39, 0.29) is 23.8 Å². The molecule has 4 aliphatic rings. The van der Waals surface area contributed by atoms with E-state index in [1.54, 1.807) is 7.05 Å². The highest BCUT2D eigenvalue weighted by Gasteiger charge is 2.68. The van der Waals surface area contributed by atoms with Crippen LogP contribution in [0.1, 0.15) is 62.1 Å². The quantitative estimate of drug-likeness (QED) is 0.759. The van der Waals surface area contributed by atoms with Gasteiger partial charge in [-0.05, 0) is 44.1 Å². The van der Waals surface area contributed by atoms with Crippen molar-refractivity contribution in [2.45, 2.75) is 63.5 Å². The third-order valence-electron chi connectivity index (χ3n) is 8.18. The Hall–Kier alpha value is -2.21. The highest BCUT2D eigenvalue weighted by atomic mass is 16.2. The summed E-state index contributed by atoms with van der Waals surface area (Å²) in [7, 11) is 1.57. The summed E-state index contributed by atoms with van der Waals surface area (Å²) >= 11 is 0. The Labute approximate surface area is 184 Å². The van der Waals surface area contributed by atoms with Gasteiger partial charge >= 0.3 is 0 Å². The van der Waals surface area contributed by atoms with Crippen molar-refractivity contribution >= 4 is 17.7 Å². The predicted molar refractivity (Wildman–Crippen MR) is 117 cm³/mol. The second-order valence-electron chi connectivity index (χ2n) is 10.1. The molecule has 4 fully saturated rings. The Kier molecular flexibility index (Phi) is 5.16. The van der Waals surface area contributed by atoms with Gasteiger partial charge in [0.05, 0.1) is 11.8 Å². The lowest BCUT2D eigenvalue weighted by molar-refractivity contribution is -0.149. The molecule has 1 aromatic rings. The molecule has 0 aromatic heterocycles. The molecule has 31 heavy (non-hydrogen) atoms. The van der Waals surface area contributed by atoms with Crippen molar-refractivity contribution in [3.8, 4) is 0 Å². The van der Waals surface area contributed by atoms with Gasteiger partial charge in [0.1, 0.15) is 5.54 Å². The zero-order chi connectivity index (χ0) is 21.8. The number of amides is 3. The van der Waals surface area contributed by atoms with Crippen LogP contribution in [-0.2, 0) is 14.4 Å². The number of nitrogens with zero attached hydrogens (tertiary/aromatic N) is 2. The number of rotatable bonds is 3. The molecule has 3 saturated heterocycles. The van der Waals surface area contributed by atoms with E-state index >= 15 is 0 Å². The predicted octanol–water partition coefficient (Wildman–Crippen LogP) is 2.81. The van der Waals surface area contributed by atoms with Crippen LogP contribution >= 0.6 is 0 Å². The molecule has 6 heteroatoms. The van der Waals surface area contributed by atoms with Gasteiger partial charge in [-0.2, -0.15) is 0 Å². The largest absolute Gasteiger partial charge is 0.341 e. The van der Waals surface area contributed by atoms with Crippen LogP contribution in [0.5, 0.6) is 0 Å². The fourth-order valence-corrected chi connectivity index (χ4v) is 6.53. The first-order chi connectivity index (χ1) is 14.9. The lowest BCUT2D eigenvalue weighted by Gasteiger charge is -2.43. The molecule has 1 aromatic carbocycles. The summed E-state index contributed by atoms with van der Waals surface area (Å²) in [5.74, 6) is -0.907. The number of carbonyl (C=O) groups is 3. The minimum Gasteiger partial charge on any atom is -0.341 e. The van der Waals surface area contributed by atoms with Gasteiger partial charge in [-0.3, -0.25) is 24.6 Å². The van der Waals surface area contributed by atoms with E-state index in [4.69, 9.17) is 0 Å². The number of carbonyl (C=O) groups excluding carboxylic acids is 3. The minimum absolute atomic E-state index is 0.0328. The minimum atomic E-state index is -0.968. The summed E-state index contributed by atoms with van der Waals surface area (Å²) in [6.45, 7) is 3.57. The molecule has 1 spiro atoms. The lowest BCUT2D eigenvalue weighted by atomic mass is 9.74. The van der Waals surface area contributed by atoms with Crippen LogP contribution < -0.4 is 5.32 Å². The van der Waals surface area contributed by atoms with Crippen molar-refractivity contribution in [1.82, 2.24) is 15.1 Å². The number of hydrogen-bond acceptors (Lipinski definition) is 4. The Morgan fingerprint density at radius 2 is 1.71 bits per heavy atom. The first kappa shape index (κ1) is 20.7. The lowest BCUT2D eigenvalue weighted by Crippen LogP contribution is -2.63. The van der Waals surface area contributed by atoms with Gasteiger partial charge in [-0.25, -0.2) is 0 Å². The molecule has 5 rings (SSSR count). The first-order valence-electron chi connectivity index (χ1n) is 11.9. The summed E-state index contributed by atoms with van der Waals surface area (Å²) < 4.78 is 0. The Morgan fingerprint density at radius 3 is 2.42 bits per heavy atom. The molecule has 166 valence electrons. The van der Waals surface area contributed by atoms with E-state index in [0.717, 1.165) is 30.6 Å². The fraction of sp³-hybridized carbons (Fsp3) is 0.640. The molecule has 0 radical (unpaired) electrons. The van der Waals surface area contributed by atoms with Crippen molar-refractivity contribution in [3.63, 3.8) is 0 Å². The Morgan fingerprint density at radius 1 is 1.00 bits per heavy atom. The average Bonchev–Trinajstić information content (AvgIpc) is 3.23. The van der Waals surface area contributed by atoms with Gasteiger partial charge in [-0.1, -0.05) is 49.1 Å². The molecular weight excluding hydrogens is 390 g/mol. The van der Waals surface area contributed by atoms with Crippen LogP contribution in [0, 0.1) is 24.7 Å². The van der Waals surface area contributed by atoms with Crippen LogP contribution in [0.4, 0.5) is 0 Å². The van der Waals surface area contributed by atoms with Crippen molar-refractivity contribution in [3.05, 3.63) is 35.4 Å². The Balaban J connectivity index is 1.49. The number of imide groups is 1. The van der Waals surface area contributed by atoms with Crippen LogP contribution in [0.15, 0.2) is 24.3 Å². The smallest absolute Gasteiger partial charge is 0.243 e. The molecule has 3 aliphatic heterocycles. The van der Waals surface area contributed by atoms with Crippen LogP contribution in [0.3, 0.4) is 0 Å². The van der Waals surface area contributed by atoms with E-state index in [9.17, 15) is 14.4 Å². The van der Waals surface area contributed by atoms with Crippen molar-refractivity contribution in [2.24, 2.45) is 17.8 Å². The van der Waals surface area contributed by atoms with Gasteiger partial charge in [-0.15, -0.1) is 0 Å². The molecule has 4 atom stereocenters. The molecule has 1 N–H and O–H groups in total.